The van der Waals surface area contributed by atoms with E-state index in [0.29, 0.717) is 5.91 Å². The van der Waals surface area contributed by atoms with Gasteiger partial charge in [-0.15, -0.1) is 12.4 Å². The van der Waals surface area contributed by atoms with Gasteiger partial charge in [0, 0.05) is 26.7 Å². The van der Waals surface area contributed by atoms with Crippen LogP contribution in [0.25, 0.3) is 0 Å². The molecule has 2 aliphatic rings. The normalized spacial score (nSPS) is 21.5. The second kappa shape index (κ2) is 7.22. The molecule has 100 valence electrons. The Morgan fingerprint density at radius 2 is 1.88 bits per heavy atom. The van der Waals surface area contributed by atoms with E-state index >= 15 is 0 Å². The van der Waals surface area contributed by atoms with Crippen molar-refractivity contribution >= 4 is 18.3 Å². The number of carbonyl (C=O) groups excluding carboxylic acids is 1. The summed E-state index contributed by atoms with van der Waals surface area (Å²) in [7, 11) is 1.96. The first-order chi connectivity index (χ1) is 7.77. The summed E-state index contributed by atoms with van der Waals surface area (Å²) in [6, 6.07) is 0. The van der Waals surface area contributed by atoms with Gasteiger partial charge in [-0.25, -0.2) is 0 Å². The van der Waals surface area contributed by atoms with Crippen LogP contribution in [-0.2, 0) is 4.79 Å². The summed E-state index contributed by atoms with van der Waals surface area (Å²) >= 11 is 0. The van der Waals surface area contributed by atoms with Crippen molar-refractivity contribution in [2.75, 3.05) is 26.7 Å². The molecule has 0 unspecified atom stereocenters. The first kappa shape index (κ1) is 14.8. The molecular formula is C13H25ClN2O. The van der Waals surface area contributed by atoms with E-state index in [-0.39, 0.29) is 18.3 Å². The molecule has 0 aromatic heterocycles. The number of hydrogen-bond donors (Lipinski definition) is 1. The van der Waals surface area contributed by atoms with Gasteiger partial charge < -0.3 is 10.2 Å². The molecule has 3 nitrogen and oxygen atoms in total. The summed E-state index contributed by atoms with van der Waals surface area (Å²) in [5, 5.41) is 3.15. The number of halogens is 1. The molecule has 2 fully saturated rings. The van der Waals surface area contributed by atoms with Crippen molar-refractivity contribution < 1.29 is 4.79 Å². The number of amides is 1. The Bertz CT molecular complexity index is 238. The van der Waals surface area contributed by atoms with Crippen LogP contribution in [0, 0.1) is 11.8 Å². The van der Waals surface area contributed by atoms with E-state index in [1.165, 1.54) is 38.5 Å². The van der Waals surface area contributed by atoms with Gasteiger partial charge in [0.1, 0.15) is 0 Å². The fourth-order valence-electron chi connectivity index (χ4n) is 2.74. The Labute approximate surface area is 111 Å². The highest BCUT2D eigenvalue weighted by molar-refractivity contribution is 5.85. The van der Waals surface area contributed by atoms with Gasteiger partial charge in [-0.05, 0) is 12.3 Å². The first-order valence-corrected chi connectivity index (χ1v) is 6.73. The van der Waals surface area contributed by atoms with Crippen molar-refractivity contribution in [2.24, 2.45) is 11.8 Å². The second-order valence-electron chi connectivity index (χ2n) is 5.41. The quantitative estimate of drug-likeness (QED) is 0.839. The van der Waals surface area contributed by atoms with Gasteiger partial charge >= 0.3 is 0 Å². The van der Waals surface area contributed by atoms with Gasteiger partial charge in [-0.1, -0.05) is 32.1 Å². The molecule has 0 aromatic carbocycles. The maximum absolute atomic E-state index is 11.9. The maximum atomic E-state index is 11.9. The average molecular weight is 261 g/mol. The maximum Gasteiger partial charge on any atom is 0.227 e. The van der Waals surface area contributed by atoms with Crippen LogP contribution in [0.3, 0.4) is 0 Å². The van der Waals surface area contributed by atoms with E-state index in [1.54, 1.807) is 0 Å². The monoisotopic (exact) mass is 260 g/mol. The number of carbonyl (C=O) groups is 1. The molecule has 1 aliphatic heterocycles. The van der Waals surface area contributed by atoms with Gasteiger partial charge in [-0.2, -0.15) is 0 Å². The molecule has 0 spiro atoms. The standard InChI is InChI=1S/C13H24N2O.ClH/c1-15(13(16)12-9-14-10-12)8-7-11-5-3-2-4-6-11;/h11-12,14H,2-10H2,1H3;1H. The predicted octanol–water partition coefficient (Wildman–Crippen LogP) is 2.06. The molecule has 1 amide bonds. The molecule has 1 saturated carbocycles. The van der Waals surface area contributed by atoms with E-state index in [9.17, 15) is 4.79 Å². The minimum Gasteiger partial charge on any atom is -0.345 e. The van der Waals surface area contributed by atoms with Crippen molar-refractivity contribution in [3.63, 3.8) is 0 Å². The largest absolute Gasteiger partial charge is 0.345 e. The Morgan fingerprint density at radius 1 is 1.24 bits per heavy atom. The van der Waals surface area contributed by atoms with Crippen molar-refractivity contribution in [3.05, 3.63) is 0 Å². The van der Waals surface area contributed by atoms with Crippen LogP contribution < -0.4 is 5.32 Å². The van der Waals surface area contributed by atoms with Crippen LogP contribution in [0.1, 0.15) is 38.5 Å². The molecule has 1 saturated heterocycles. The lowest BCUT2D eigenvalue weighted by Gasteiger charge is -2.31. The molecule has 0 bridgehead atoms. The SMILES string of the molecule is CN(CCC1CCCCC1)C(=O)C1CNC1.Cl. The number of hydrogen-bond acceptors (Lipinski definition) is 2. The molecule has 1 heterocycles. The highest BCUT2D eigenvalue weighted by Crippen LogP contribution is 2.26. The van der Waals surface area contributed by atoms with Gasteiger partial charge in [-0.3, -0.25) is 4.79 Å². The lowest BCUT2D eigenvalue weighted by Crippen LogP contribution is -2.51. The topological polar surface area (TPSA) is 32.3 Å². The van der Waals surface area contributed by atoms with Gasteiger partial charge in [0.15, 0.2) is 0 Å². The summed E-state index contributed by atoms with van der Waals surface area (Å²) in [5.41, 5.74) is 0. The summed E-state index contributed by atoms with van der Waals surface area (Å²) in [6.07, 6.45) is 8.19. The Balaban J connectivity index is 0.00000144. The van der Waals surface area contributed by atoms with E-state index < -0.39 is 0 Å². The third-order valence-corrected chi connectivity index (χ3v) is 4.10. The third-order valence-electron chi connectivity index (χ3n) is 4.10. The zero-order valence-electron chi connectivity index (χ0n) is 10.8. The van der Waals surface area contributed by atoms with E-state index in [4.69, 9.17) is 0 Å². The van der Waals surface area contributed by atoms with Gasteiger partial charge in [0.2, 0.25) is 5.91 Å². The van der Waals surface area contributed by atoms with Crippen LogP contribution in [0.4, 0.5) is 0 Å². The minimum atomic E-state index is 0. The van der Waals surface area contributed by atoms with Crippen LogP contribution in [0.2, 0.25) is 0 Å². The van der Waals surface area contributed by atoms with E-state index in [1.807, 2.05) is 11.9 Å². The van der Waals surface area contributed by atoms with Crippen molar-refractivity contribution in [2.45, 2.75) is 38.5 Å². The fourth-order valence-corrected chi connectivity index (χ4v) is 2.74. The Morgan fingerprint density at radius 3 is 2.41 bits per heavy atom. The molecular weight excluding hydrogens is 236 g/mol. The smallest absolute Gasteiger partial charge is 0.227 e. The number of nitrogens with one attached hydrogen (secondary N) is 1. The van der Waals surface area contributed by atoms with Gasteiger partial charge in [0.05, 0.1) is 5.92 Å². The molecule has 0 radical (unpaired) electrons. The fraction of sp³-hybridized carbons (Fsp3) is 0.923. The summed E-state index contributed by atoms with van der Waals surface area (Å²) in [5.74, 6) is 1.48. The minimum absolute atomic E-state index is 0. The van der Waals surface area contributed by atoms with E-state index in [2.05, 4.69) is 5.32 Å². The Kier molecular flexibility index (Phi) is 6.28. The lowest BCUT2D eigenvalue weighted by molar-refractivity contribution is -0.135. The molecule has 17 heavy (non-hydrogen) atoms. The molecule has 1 N–H and O–H groups in total. The molecule has 0 atom stereocenters. The van der Waals surface area contributed by atoms with Crippen molar-refractivity contribution in [3.8, 4) is 0 Å². The number of nitrogens with zero attached hydrogens (tertiary/aromatic N) is 1. The van der Waals surface area contributed by atoms with E-state index in [0.717, 1.165) is 25.6 Å². The highest BCUT2D eigenvalue weighted by atomic mass is 35.5. The number of rotatable bonds is 4. The molecule has 0 aromatic rings. The second-order valence-corrected chi connectivity index (χ2v) is 5.41. The highest BCUT2D eigenvalue weighted by Gasteiger charge is 2.27. The predicted molar refractivity (Wildman–Crippen MR) is 72.4 cm³/mol. The molecule has 1 aliphatic carbocycles. The lowest BCUT2D eigenvalue weighted by atomic mass is 9.87. The van der Waals surface area contributed by atoms with Gasteiger partial charge in [0.25, 0.3) is 0 Å². The molecule has 2 rings (SSSR count). The van der Waals surface area contributed by atoms with Crippen LogP contribution in [-0.4, -0.2) is 37.5 Å². The average Bonchev–Trinajstić information content (AvgIpc) is 2.25. The Hall–Kier alpha value is -0.280. The van der Waals surface area contributed by atoms with Crippen LogP contribution >= 0.6 is 12.4 Å². The summed E-state index contributed by atoms with van der Waals surface area (Å²) < 4.78 is 0. The zero-order chi connectivity index (χ0) is 11.4. The van der Waals surface area contributed by atoms with Crippen LogP contribution in [0.5, 0.6) is 0 Å². The van der Waals surface area contributed by atoms with Crippen molar-refractivity contribution in [1.29, 1.82) is 0 Å². The third kappa shape index (κ3) is 4.14. The summed E-state index contributed by atoms with van der Waals surface area (Å²) in [6.45, 7) is 2.72. The zero-order valence-corrected chi connectivity index (χ0v) is 11.6. The van der Waals surface area contributed by atoms with Crippen LogP contribution in [0.15, 0.2) is 0 Å². The first-order valence-electron chi connectivity index (χ1n) is 6.73. The molecule has 4 heteroatoms. The summed E-state index contributed by atoms with van der Waals surface area (Å²) in [4.78, 5) is 13.8. The van der Waals surface area contributed by atoms with Crippen molar-refractivity contribution in [1.82, 2.24) is 10.2 Å².